The second-order valence-electron chi connectivity index (χ2n) is 12.5. The van der Waals surface area contributed by atoms with Crippen LogP contribution in [0.15, 0.2) is 79.0 Å². The van der Waals surface area contributed by atoms with Crippen molar-refractivity contribution in [1.29, 1.82) is 0 Å². The highest BCUT2D eigenvalue weighted by Crippen LogP contribution is 2.36. The number of benzene rings is 3. The summed E-state index contributed by atoms with van der Waals surface area (Å²) in [5.74, 6) is 1.05. The van der Waals surface area contributed by atoms with Gasteiger partial charge < -0.3 is 9.47 Å². The molecule has 2 heterocycles. The van der Waals surface area contributed by atoms with Crippen molar-refractivity contribution in [2.75, 3.05) is 39.5 Å². The highest BCUT2D eigenvalue weighted by Gasteiger charge is 2.25. The average Bonchev–Trinajstić information content (AvgIpc) is 3.37. The van der Waals surface area contributed by atoms with Crippen molar-refractivity contribution in [3.8, 4) is 5.75 Å². The van der Waals surface area contributed by atoms with E-state index in [9.17, 15) is 4.39 Å². The predicted octanol–water partition coefficient (Wildman–Crippen LogP) is 8.00. The van der Waals surface area contributed by atoms with E-state index in [1.807, 2.05) is 10.9 Å². The van der Waals surface area contributed by atoms with Gasteiger partial charge in [-0.2, -0.15) is 5.10 Å². The van der Waals surface area contributed by atoms with E-state index in [1.165, 1.54) is 16.7 Å². The number of hydrogen-bond acceptors (Lipinski definition) is 4. The van der Waals surface area contributed by atoms with Crippen molar-refractivity contribution in [3.05, 3.63) is 95.7 Å². The van der Waals surface area contributed by atoms with Gasteiger partial charge in [0.05, 0.1) is 18.4 Å². The van der Waals surface area contributed by atoms with Crippen molar-refractivity contribution < 1.29 is 13.9 Å². The molecular formula is C35H44FN3O2Si. The zero-order valence-corrected chi connectivity index (χ0v) is 26.5. The van der Waals surface area contributed by atoms with Crippen LogP contribution in [0.2, 0.25) is 25.7 Å². The van der Waals surface area contributed by atoms with E-state index >= 15 is 0 Å². The van der Waals surface area contributed by atoms with Gasteiger partial charge in [-0.05, 0) is 64.6 Å². The molecule has 5 nitrogen and oxygen atoms in total. The van der Waals surface area contributed by atoms with Crippen LogP contribution in [0.25, 0.3) is 22.0 Å². The van der Waals surface area contributed by atoms with E-state index in [-0.39, 0.29) is 12.6 Å². The van der Waals surface area contributed by atoms with E-state index in [0.29, 0.717) is 13.3 Å². The minimum atomic E-state index is -1.13. The number of halogens is 1. The molecule has 7 heteroatoms. The summed E-state index contributed by atoms with van der Waals surface area (Å²) in [7, 11) is -1.13. The zero-order chi connectivity index (χ0) is 29.5. The molecule has 0 bridgehead atoms. The third-order valence-corrected chi connectivity index (χ3v) is 9.69. The lowest BCUT2D eigenvalue weighted by atomic mass is 9.88. The lowest BCUT2D eigenvalue weighted by Crippen LogP contribution is -2.49. The van der Waals surface area contributed by atoms with Crippen LogP contribution in [0.3, 0.4) is 0 Å². The van der Waals surface area contributed by atoms with Gasteiger partial charge in [0.1, 0.15) is 19.1 Å². The molecule has 0 aliphatic carbocycles. The third-order valence-electron chi connectivity index (χ3n) is 7.99. The van der Waals surface area contributed by atoms with Gasteiger partial charge in [0.15, 0.2) is 0 Å². The maximum atomic E-state index is 12.7. The summed E-state index contributed by atoms with van der Waals surface area (Å²) in [5.41, 5.74) is 7.13. The Hall–Kier alpha value is -3.26. The molecule has 1 saturated heterocycles. The molecule has 0 spiro atoms. The van der Waals surface area contributed by atoms with Gasteiger partial charge in [0.2, 0.25) is 0 Å². The van der Waals surface area contributed by atoms with Gasteiger partial charge >= 0.3 is 0 Å². The standard InChI is InChI=1S/C35H44FN3O2Si/c1-5-33(28-9-7-6-8-10-28)35(29-11-14-32(15-12-29)41-18-17-38-24-27(22-36)25-38)30-13-16-34-31(21-30)23-37-39(34)26-40-19-20-42(2,3)4/h6-16,21,23,27H,5,17-20,22,24-26H2,1-4H3/b35-33-. The summed E-state index contributed by atoms with van der Waals surface area (Å²) in [5, 5.41) is 5.75. The Kier molecular flexibility index (Phi) is 9.93. The first-order valence-corrected chi connectivity index (χ1v) is 18.9. The topological polar surface area (TPSA) is 39.5 Å². The predicted molar refractivity (Wildman–Crippen MR) is 174 cm³/mol. The van der Waals surface area contributed by atoms with Crippen LogP contribution >= 0.6 is 0 Å². The molecule has 1 aromatic heterocycles. The van der Waals surface area contributed by atoms with Crippen LogP contribution in [0.5, 0.6) is 5.75 Å². The molecule has 3 aromatic carbocycles. The first kappa shape index (κ1) is 30.2. The molecule has 1 fully saturated rings. The normalized spacial score (nSPS) is 15.1. The lowest BCUT2D eigenvalue weighted by Gasteiger charge is -2.37. The van der Waals surface area contributed by atoms with Crippen LogP contribution in [0.4, 0.5) is 4.39 Å². The first-order chi connectivity index (χ1) is 20.3. The molecule has 0 atom stereocenters. The van der Waals surface area contributed by atoms with Crippen LogP contribution in [0.1, 0.15) is 30.0 Å². The summed E-state index contributed by atoms with van der Waals surface area (Å²) >= 11 is 0. The molecule has 0 N–H and O–H groups in total. The number of allylic oxidation sites excluding steroid dienone is 1. The van der Waals surface area contributed by atoms with Crippen molar-refractivity contribution in [3.63, 3.8) is 0 Å². The molecule has 4 aromatic rings. The highest BCUT2D eigenvalue weighted by molar-refractivity contribution is 6.76. The van der Waals surface area contributed by atoms with Gasteiger partial charge in [0.25, 0.3) is 0 Å². The number of likely N-dealkylation sites (tertiary alicyclic amines) is 1. The number of alkyl halides is 1. The Labute approximate surface area is 251 Å². The van der Waals surface area contributed by atoms with Gasteiger partial charge in [-0.15, -0.1) is 0 Å². The van der Waals surface area contributed by atoms with Gasteiger partial charge in [0, 0.05) is 45.6 Å². The Morgan fingerprint density at radius 1 is 0.929 bits per heavy atom. The fourth-order valence-corrected chi connectivity index (χ4v) is 6.28. The van der Waals surface area contributed by atoms with E-state index < -0.39 is 8.07 Å². The van der Waals surface area contributed by atoms with Crippen LogP contribution < -0.4 is 4.74 Å². The van der Waals surface area contributed by atoms with Gasteiger partial charge in [-0.1, -0.05) is 75.1 Å². The summed E-state index contributed by atoms with van der Waals surface area (Å²) in [6.45, 7) is 13.4. The van der Waals surface area contributed by atoms with E-state index in [4.69, 9.17) is 9.47 Å². The Morgan fingerprint density at radius 2 is 1.67 bits per heavy atom. The second kappa shape index (κ2) is 13.8. The van der Waals surface area contributed by atoms with Gasteiger partial charge in [-0.25, -0.2) is 4.68 Å². The lowest BCUT2D eigenvalue weighted by molar-refractivity contribution is 0.0668. The number of fused-ring (bicyclic) bond motifs is 1. The second-order valence-corrected chi connectivity index (χ2v) is 18.1. The molecule has 42 heavy (non-hydrogen) atoms. The van der Waals surface area contributed by atoms with Crippen molar-refractivity contribution >= 4 is 30.1 Å². The first-order valence-electron chi connectivity index (χ1n) is 15.2. The van der Waals surface area contributed by atoms with Crippen molar-refractivity contribution in [1.82, 2.24) is 14.7 Å². The van der Waals surface area contributed by atoms with E-state index in [0.717, 1.165) is 66.5 Å². The summed E-state index contributed by atoms with van der Waals surface area (Å²) < 4.78 is 26.7. The molecule has 0 radical (unpaired) electrons. The fraction of sp³-hybridized carbons (Fsp3) is 0.400. The molecular weight excluding hydrogens is 541 g/mol. The Bertz CT molecular complexity index is 1470. The third kappa shape index (κ3) is 7.57. The number of ether oxygens (including phenoxy) is 2. The molecule has 0 amide bonds. The number of aromatic nitrogens is 2. The monoisotopic (exact) mass is 585 g/mol. The minimum Gasteiger partial charge on any atom is -0.492 e. The maximum Gasteiger partial charge on any atom is 0.139 e. The Balaban J connectivity index is 1.38. The number of rotatable bonds is 14. The van der Waals surface area contributed by atoms with E-state index in [1.54, 1.807) is 0 Å². The zero-order valence-electron chi connectivity index (χ0n) is 25.5. The average molecular weight is 586 g/mol. The quantitative estimate of drug-likeness (QED) is 0.0854. The fourth-order valence-electron chi connectivity index (χ4n) is 5.52. The van der Waals surface area contributed by atoms with Gasteiger partial charge in [-0.3, -0.25) is 9.29 Å². The number of nitrogens with zero attached hydrogens (tertiary/aromatic N) is 3. The van der Waals surface area contributed by atoms with Crippen LogP contribution in [-0.2, 0) is 11.5 Å². The Morgan fingerprint density at radius 3 is 2.36 bits per heavy atom. The molecule has 0 unspecified atom stereocenters. The van der Waals surface area contributed by atoms with E-state index in [2.05, 4.69) is 109 Å². The SMILES string of the molecule is CC/C(=C(\c1ccc(OCCN2CC(CF)C2)cc1)c1ccc2c(cnn2COCC[Si](C)(C)C)c1)c1ccccc1. The number of hydrogen-bond donors (Lipinski definition) is 0. The molecule has 5 rings (SSSR count). The minimum absolute atomic E-state index is 0.202. The smallest absolute Gasteiger partial charge is 0.139 e. The molecule has 1 aliphatic rings. The molecule has 0 saturated carbocycles. The van der Waals surface area contributed by atoms with Crippen molar-refractivity contribution in [2.24, 2.45) is 5.92 Å². The molecule has 222 valence electrons. The molecule has 1 aliphatic heterocycles. The summed E-state index contributed by atoms with van der Waals surface area (Å²) in [4.78, 5) is 2.24. The highest BCUT2D eigenvalue weighted by atomic mass is 28.3. The summed E-state index contributed by atoms with van der Waals surface area (Å²) in [6.07, 6.45) is 2.84. The van der Waals surface area contributed by atoms with Crippen LogP contribution in [-0.4, -0.2) is 62.3 Å². The van der Waals surface area contributed by atoms with Crippen molar-refractivity contribution in [2.45, 2.75) is 45.8 Å². The largest absolute Gasteiger partial charge is 0.492 e. The summed E-state index contributed by atoms with van der Waals surface area (Å²) in [6, 6.07) is 26.8. The maximum absolute atomic E-state index is 12.7. The van der Waals surface area contributed by atoms with Crippen LogP contribution in [0, 0.1) is 5.92 Å².